The van der Waals surface area contributed by atoms with E-state index in [0.717, 1.165) is 0 Å². The molecule has 0 radical (unpaired) electrons. The Labute approximate surface area is 68.0 Å². The van der Waals surface area contributed by atoms with E-state index in [2.05, 4.69) is 25.7 Å². The highest BCUT2D eigenvalue weighted by atomic mass is 15.6. The minimum Gasteiger partial charge on any atom is -0.245 e. The van der Waals surface area contributed by atoms with E-state index in [9.17, 15) is 0 Å². The second-order valence-electron chi connectivity index (χ2n) is 2.30. The lowest BCUT2D eigenvalue weighted by molar-refractivity contribution is 0.607. The molecule has 0 amide bonds. The van der Waals surface area contributed by atoms with Gasteiger partial charge in [-0.3, -0.25) is 0 Å². The zero-order valence-corrected chi connectivity index (χ0v) is 6.49. The molecule has 0 saturated carbocycles. The number of nitrogens with zero attached hydrogens (tertiary/aromatic N) is 7. The minimum atomic E-state index is 0.508. The lowest BCUT2D eigenvalue weighted by Gasteiger charge is -1.91. The first kappa shape index (κ1) is 6.89. The van der Waals surface area contributed by atoms with Crippen molar-refractivity contribution in [1.82, 2.24) is 35.2 Å². The summed E-state index contributed by atoms with van der Waals surface area (Å²) >= 11 is 0. The van der Waals surface area contributed by atoms with Crippen molar-refractivity contribution in [3.8, 4) is 0 Å². The molecule has 0 fully saturated rings. The number of rotatable bonds is 2. The summed E-state index contributed by atoms with van der Waals surface area (Å²) in [7, 11) is 1.72. The molecule has 2 heterocycles. The molecule has 0 aliphatic rings. The third kappa shape index (κ3) is 1.29. The van der Waals surface area contributed by atoms with Gasteiger partial charge >= 0.3 is 0 Å². The predicted molar refractivity (Wildman–Crippen MR) is 37.9 cm³/mol. The summed E-state index contributed by atoms with van der Waals surface area (Å²) in [4.78, 5) is 1.41. The number of hydrogen-bond acceptors (Lipinski definition) is 5. The van der Waals surface area contributed by atoms with Gasteiger partial charge in [-0.1, -0.05) is 5.21 Å². The van der Waals surface area contributed by atoms with Crippen LogP contribution in [0, 0.1) is 0 Å². The van der Waals surface area contributed by atoms with Crippen LogP contribution < -0.4 is 0 Å². The van der Waals surface area contributed by atoms with Gasteiger partial charge in [-0.15, -0.1) is 15.3 Å². The fourth-order valence-electron chi connectivity index (χ4n) is 0.849. The topological polar surface area (TPSA) is 74.3 Å². The van der Waals surface area contributed by atoms with Gasteiger partial charge in [0.15, 0.2) is 5.82 Å². The lowest BCUT2D eigenvalue weighted by Crippen LogP contribution is -2.03. The molecule has 7 nitrogen and oxygen atoms in total. The summed E-state index contributed by atoms with van der Waals surface area (Å²) in [5.41, 5.74) is 0. The summed E-state index contributed by atoms with van der Waals surface area (Å²) in [5, 5.41) is 18.9. The quantitative estimate of drug-likeness (QED) is 0.561. The van der Waals surface area contributed by atoms with Gasteiger partial charge in [-0.05, 0) is 5.21 Å². The highest BCUT2D eigenvalue weighted by molar-refractivity contribution is 4.78. The van der Waals surface area contributed by atoms with Crippen LogP contribution in [0.5, 0.6) is 0 Å². The molecule has 7 heteroatoms. The highest BCUT2D eigenvalue weighted by Crippen LogP contribution is 1.89. The van der Waals surface area contributed by atoms with E-state index in [0.29, 0.717) is 12.4 Å². The largest absolute Gasteiger partial charge is 0.245 e. The van der Waals surface area contributed by atoms with Crippen molar-refractivity contribution in [3.63, 3.8) is 0 Å². The molecule has 62 valence electrons. The fraction of sp³-hybridized carbons (Fsp3) is 0.400. The van der Waals surface area contributed by atoms with Crippen LogP contribution in [0.15, 0.2) is 12.4 Å². The Balaban J connectivity index is 2.14. The second-order valence-corrected chi connectivity index (χ2v) is 2.30. The van der Waals surface area contributed by atoms with Crippen molar-refractivity contribution >= 4 is 0 Å². The maximum atomic E-state index is 3.99. The van der Waals surface area contributed by atoms with E-state index in [-0.39, 0.29) is 0 Å². The van der Waals surface area contributed by atoms with Crippen molar-refractivity contribution in [1.29, 1.82) is 0 Å². The van der Waals surface area contributed by atoms with Crippen molar-refractivity contribution in [2.75, 3.05) is 0 Å². The molecule has 0 aliphatic carbocycles. The van der Waals surface area contributed by atoms with Gasteiger partial charge in [-0.2, -0.15) is 4.80 Å². The second kappa shape index (κ2) is 2.68. The minimum absolute atomic E-state index is 0.508. The summed E-state index contributed by atoms with van der Waals surface area (Å²) in [6.07, 6.45) is 3.35. The van der Waals surface area contributed by atoms with E-state index in [1.165, 1.54) is 4.80 Å². The Morgan fingerprint density at radius 1 is 1.42 bits per heavy atom. The van der Waals surface area contributed by atoms with Crippen LogP contribution in [0.25, 0.3) is 0 Å². The molecule has 0 aliphatic heterocycles. The van der Waals surface area contributed by atoms with E-state index in [1.807, 2.05) is 0 Å². The van der Waals surface area contributed by atoms with Crippen LogP contribution >= 0.6 is 0 Å². The van der Waals surface area contributed by atoms with Gasteiger partial charge in [0.1, 0.15) is 6.54 Å². The zero-order valence-electron chi connectivity index (χ0n) is 6.49. The van der Waals surface area contributed by atoms with Gasteiger partial charge < -0.3 is 0 Å². The summed E-state index contributed by atoms with van der Waals surface area (Å²) in [6.45, 7) is 0.508. The number of aromatic nitrogens is 7. The van der Waals surface area contributed by atoms with Crippen LogP contribution in [0.1, 0.15) is 5.82 Å². The van der Waals surface area contributed by atoms with Gasteiger partial charge in [0, 0.05) is 6.20 Å². The van der Waals surface area contributed by atoms with Crippen molar-refractivity contribution in [3.05, 3.63) is 18.2 Å². The van der Waals surface area contributed by atoms with Crippen molar-refractivity contribution < 1.29 is 0 Å². The zero-order chi connectivity index (χ0) is 8.39. The normalized spacial score (nSPS) is 10.4. The Hall–Kier alpha value is -1.79. The van der Waals surface area contributed by atoms with Crippen molar-refractivity contribution in [2.45, 2.75) is 6.54 Å². The molecule has 2 rings (SSSR count). The molecule has 0 N–H and O–H groups in total. The van der Waals surface area contributed by atoms with Crippen molar-refractivity contribution in [2.24, 2.45) is 7.05 Å². The van der Waals surface area contributed by atoms with E-state index < -0.39 is 0 Å². The van der Waals surface area contributed by atoms with Crippen LogP contribution in [0.3, 0.4) is 0 Å². The molecular formula is C5H7N7. The summed E-state index contributed by atoms with van der Waals surface area (Å²) in [6, 6.07) is 0. The maximum Gasteiger partial charge on any atom is 0.196 e. The number of hydrogen-bond donors (Lipinski definition) is 0. The Bertz CT molecular complexity index is 348. The lowest BCUT2D eigenvalue weighted by atomic mass is 10.6. The van der Waals surface area contributed by atoms with Crippen LogP contribution in [-0.4, -0.2) is 35.2 Å². The Kier molecular flexibility index (Phi) is 1.54. The first-order chi connectivity index (χ1) is 5.84. The third-order valence-electron chi connectivity index (χ3n) is 1.33. The molecule has 0 aromatic carbocycles. The average Bonchev–Trinajstić information content (AvgIpc) is 2.63. The maximum absolute atomic E-state index is 3.99. The predicted octanol–water partition coefficient (Wildman–Crippen LogP) is -1.15. The molecule has 2 aromatic heterocycles. The molecule has 0 bridgehead atoms. The molecule has 0 unspecified atom stereocenters. The number of aryl methyl sites for hydroxylation is 1. The molecular weight excluding hydrogens is 158 g/mol. The molecule has 0 saturated heterocycles. The smallest absolute Gasteiger partial charge is 0.196 e. The van der Waals surface area contributed by atoms with Crippen LogP contribution in [-0.2, 0) is 13.6 Å². The standard InChI is InChI=1S/C5H7N7/c1-11-8-5(7-10-11)4-12-3-2-6-9-12/h2-3H,4H2,1H3. The number of tetrazole rings is 1. The fourth-order valence-corrected chi connectivity index (χ4v) is 0.849. The first-order valence-corrected chi connectivity index (χ1v) is 3.41. The van der Waals surface area contributed by atoms with Gasteiger partial charge in [-0.25, -0.2) is 4.68 Å². The average molecular weight is 165 g/mol. The molecule has 0 atom stereocenters. The Morgan fingerprint density at radius 3 is 2.92 bits per heavy atom. The summed E-state index contributed by atoms with van der Waals surface area (Å²) < 4.78 is 1.64. The molecule has 12 heavy (non-hydrogen) atoms. The summed E-state index contributed by atoms with van der Waals surface area (Å²) in [5.74, 6) is 0.628. The van der Waals surface area contributed by atoms with E-state index in [4.69, 9.17) is 0 Å². The first-order valence-electron chi connectivity index (χ1n) is 3.41. The molecule has 2 aromatic rings. The van der Waals surface area contributed by atoms with Gasteiger partial charge in [0.25, 0.3) is 0 Å². The Morgan fingerprint density at radius 2 is 2.33 bits per heavy atom. The van der Waals surface area contributed by atoms with Crippen LogP contribution in [0.4, 0.5) is 0 Å². The SMILES string of the molecule is Cn1nnc(Cn2ccnn2)n1. The monoisotopic (exact) mass is 165 g/mol. The van der Waals surface area contributed by atoms with Gasteiger partial charge in [0.2, 0.25) is 0 Å². The van der Waals surface area contributed by atoms with E-state index >= 15 is 0 Å². The van der Waals surface area contributed by atoms with Crippen LogP contribution in [0.2, 0.25) is 0 Å². The van der Waals surface area contributed by atoms with E-state index in [1.54, 1.807) is 24.1 Å². The molecule has 0 spiro atoms. The third-order valence-corrected chi connectivity index (χ3v) is 1.33. The highest BCUT2D eigenvalue weighted by Gasteiger charge is 2.00. The van der Waals surface area contributed by atoms with Gasteiger partial charge in [0.05, 0.1) is 13.2 Å².